The number of amides is 1. The van der Waals surface area contributed by atoms with Gasteiger partial charge in [0.1, 0.15) is 0 Å². The molecule has 4 rings (SSSR count). The van der Waals surface area contributed by atoms with Crippen molar-refractivity contribution in [2.24, 2.45) is 5.92 Å². The molecule has 1 N–H and O–H groups in total. The third-order valence-electron chi connectivity index (χ3n) is 5.71. The number of nitrogens with one attached hydrogen (secondary N) is 1. The molecule has 1 amide bonds. The van der Waals surface area contributed by atoms with Crippen molar-refractivity contribution in [3.63, 3.8) is 0 Å². The fourth-order valence-electron chi connectivity index (χ4n) is 4.28. The SMILES string of the molecule is O=C1C[C@H](CNCc2ccc(-c3cccnc3)cc2)CN1C1CCCC1. The number of rotatable bonds is 6. The highest BCUT2D eigenvalue weighted by Gasteiger charge is 2.34. The topological polar surface area (TPSA) is 45.2 Å². The maximum absolute atomic E-state index is 12.3. The molecule has 136 valence electrons. The summed E-state index contributed by atoms with van der Waals surface area (Å²) >= 11 is 0. The summed E-state index contributed by atoms with van der Waals surface area (Å²) in [6.45, 7) is 2.71. The largest absolute Gasteiger partial charge is 0.339 e. The van der Waals surface area contributed by atoms with Crippen molar-refractivity contribution < 1.29 is 4.79 Å². The van der Waals surface area contributed by atoms with Crippen LogP contribution >= 0.6 is 0 Å². The van der Waals surface area contributed by atoms with Gasteiger partial charge in [-0.3, -0.25) is 9.78 Å². The van der Waals surface area contributed by atoms with Gasteiger partial charge in [0.25, 0.3) is 0 Å². The Kier molecular flexibility index (Phi) is 5.30. The van der Waals surface area contributed by atoms with Crippen LogP contribution in [0.5, 0.6) is 0 Å². The number of carbonyl (C=O) groups is 1. The monoisotopic (exact) mass is 349 g/mol. The number of aromatic nitrogens is 1. The quantitative estimate of drug-likeness (QED) is 0.866. The summed E-state index contributed by atoms with van der Waals surface area (Å²) < 4.78 is 0. The summed E-state index contributed by atoms with van der Waals surface area (Å²) in [5.74, 6) is 0.822. The van der Waals surface area contributed by atoms with Crippen LogP contribution in [-0.2, 0) is 11.3 Å². The number of hydrogen-bond donors (Lipinski definition) is 1. The van der Waals surface area contributed by atoms with E-state index in [1.54, 1.807) is 6.20 Å². The highest BCUT2D eigenvalue weighted by molar-refractivity contribution is 5.79. The number of pyridine rings is 1. The van der Waals surface area contributed by atoms with E-state index >= 15 is 0 Å². The van der Waals surface area contributed by atoms with Crippen LogP contribution in [0.2, 0.25) is 0 Å². The third-order valence-corrected chi connectivity index (χ3v) is 5.71. The zero-order chi connectivity index (χ0) is 17.8. The smallest absolute Gasteiger partial charge is 0.223 e. The van der Waals surface area contributed by atoms with Gasteiger partial charge < -0.3 is 10.2 Å². The lowest BCUT2D eigenvalue weighted by atomic mass is 10.1. The Hall–Kier alpha value is -2.20. The first kappa shape index (κ1) is 17.2. The molecular weight excluding hydrogens is 322 g/mol. The van der Waals surface area contributed by atoms with E-state index in [0.717, 1.165) is 25.2 Å². The summed E-state index contributed by atoms with van der Waals surface area (Å²) in [7, 11) is 0. The molecule has 26 heavy (non-hydrogen) atoms. The molecule has 2 aromatic rings. The van der Waals surface area contributed by atoms with Crippen LogP contribution < -0.4 is 5.32 Å². The third kappa shape index (κ3) is 3.96. The van der Waals surface area contributed by atoms with Crippen LogP contribution in [0.15, 0.2) is 48.8 Å². The van der Waals surface area contributed by atoms with E-state index in [1.165, 1.54) is 36.8 Å². The maximum Gasteiger partial charge on any atom is 0.223 e. The summed E-state index contributed by atoms with van der Waals surface area (Å²) in [6.07, 6.45) is 9.37. The molecule has 2 fully saturated rings. The second-order valence-electron chi connectivity index (χ2n) is 7.62. The Balaban J connectivity index is 1.25. The molecule has 0 unspecified atom stereocenters. The number of nitrogens with zero attached hydrogens (tertiary/aromatic N) is 2. The molecule has 1 atom stereocenters. The van der Waals surface area contributed by atoms with E-state index in [-0.39, 0.29) is 0 Å². The van der Waals surface area contributed by atoms with Gasteiger partial charge in [0.15, 0.2) is 0 Å². The van der Waals surface area contributed by atoms with Gasteiger partial charge in [-0.15, -0.1) is 0 Å². The van der Waals surface area contributed by atoms with E-state index in [1.807, 2.05) is 12.3 Å². The molecule has 1 saturated heterocycles. The minimum absolute atomic E-state index is 0.365. The fourth-order valence-corrected chi connectivity index (χ4v) is 4.28. The number of carbonyl (C=O) groups excluding carboxylic acids is 1. The Morgan fingerprint density at radius 3 is 2.62 bits per heavy atom. The maximum atomic E-state index is 12.3. The number of hydrogen-bond acceptors (Lipinski definition) is 3. The van der Waals surface area contributed by atoms with Gasteiger partial charge in [-0.2, -0.15) is 0 Å². The summed E-state index contributed by atoms with van der Waals surface area (Å²) in [6, 6.07) is 13.2. The van der Waals surface area contributed by atoms with Crippen LogP contribution in [0.3, 0.4) is 0 Å². The zero-order valence-electron chi connectivity index (χ0n) is 15.2. The summed E-state index contributed by atoms with van der Waals surface area (Å²) in [4.78, 5) is 18.6. The second-order valence-corrected chi connectivity index (χ2v) is 7.62. The van der Waals surface area contributed by atoms with Gasteiger partial charge in [-0.25, -0.2) is 0 Å². The van der Waals surface area contributed by atoms with Crippen molar-refractivity contribution in [3.8, 4) is 11.1 Å². The van der Waals surface area contributed by atoms with Crippen LogP contribution in [0.25, 0.3) is 11.1 Å². The summed E-state index contributed by atoms with van der Waals surface area (Å²) in [5.41, 5.74) is 3.61. The van der Waals surface area contributed by atoms with E-state index in [0.29, 0.717) is 24.3 Å². The Morgan fingerprint density at radius 1 is 1.08 bits per heavy atom. The van der Waals surface area contributed by atoms with E-state index in [9.17, 15) is 4.79 Å². The molecule has 2 aliphatic rings. The van der Waals surface area contributed by atoms with Crippen molar-refractivity contribution in [2.75, 3.05) is 13.1 Å². The van der Waals surface area contributed by atoms with Crippen LogP contribution in [0.1, 0.15) is 37.7 Å². The summed E-state index contributed by atoms with van der Waals surface area (Å²) in [5, 5.41) is 3.54. The van der Waals surface area contributed by atoms with E-state index in [4.69, 9.17) is 0 Å². The number of likely N-dealkylation sites (tertiary alicyclic amines) is 1. The van der Waals surface area contributed by atoms with E-state index < -0.39 is 0 Å². The first-order valence-electron chi connectivity index (χ1n) is 9.79. The molecule has 4 heteroatoms. The molecule has 1 aliphatic carbocycles. The molecule has 1 aliphatic heterocycles. The van der Waals surface area contributed by atoms with Crippen molar-refractivity contribution in [1.82, 2.24) is 15.2 Å². The average Bonchev–Trinajstić information content (AvgIpc) is 3.33. The van der Waals surface area contributed by atoms with Crippen molar-refractivity contribution in [2.45, 2.75) is 44.7 Å². The van der Waals surface area contributed by atoms with Crippen molar-refractivity contribution in [1.29, 1.82) is 0 Å². The Morgan fingerprint density at radius 2 is 1.88 bits per heavy atom. The zero-order valence-corrected chi connectivity index (χ0v) is 15.2. The lowest BCUT2D eigenvalue weighted by Crippen LogP contribution is -2.35. The highest BCUT2D eigenvalue weighted by atomic mass is 16.2. The molecule has 0 radical (unpaired) electrons. The van der Waals surface area contributed by atoms with Gasteiger partial charge in [0.2, 0.25) is 5.91 Å². The predicted octanol–water partition coefficient (Wildman–Crippen LogP) is 3.63. The standard InChI is InChI=1S/C22H27N3O/c26-22-12-18(16-25(22)21-5-1-2-6-21)14-24-13-17-7-9-19(10-8-17)20-4-3-11-23-15-20/h3-4,7-11,15,18,21,24H,1-2,5-6,12-14,16H2/t18-/m1/s1. The molecular formula is C22H27N3O. The first-order chi connectivity index (χ1) is 12.8. The fraction of sp³-hybridized carbons (Fsp3) is 0.455. The first-order valence-corrected chi connectivity index (χ1v) is 9.79. The Bertz CT molecular complexity index is 723. The molecule has 1 saturated carbocycles. The predicted molar refractivity (Wildman–Crippen MR) is 103 cm³/mol. The minimum atomic E-state index is 0.365. The van der Waals surface area contributed by atoms with E-state index in [2.05, 4.69) is 45.5 Å². The highest BCUT2D eigenvalue weighted by Crippen LogP contribution is 2.29. The van der Waals surface area contributed by atoms with Gasteiger partial charge in [0, 0.05) is 44.5 Å². The second kappa shape index (κ2) is 8.00. The van der Waals surface area contributed by atoms with Gasteiger partial charge in [-0.05, 0) is 41.5 Å². The lowest BCUT2D eigenvalue weighted by molar-refractivity contribution is -0.129. The average molecular weight is 349 g/mol. The minimum Gasteiger partial charge on any atom is -0.339 e. The lowest BCUT2D eigenvalue weighted by Gasteiger charge is -2.24. The normalized spacial score (nSPS) is 20.8. The van der Waals surface area contributed by atoms with Gasteiger partial charge in [0.05, 0.1) is 0 Å². The Labute approximate surface area is 155 Å². The molecule has 4 nitrogen and oxygen atoms in total. The van der Waals surface area contributed by atoms with Crippen molar-refractivity contribution >= 4 is 5.91 Å². The molecule has 0 spiro atoms. The van der Waals surface area contributed by atoms with Crippen LogP contribution in [0.4, 0.5) is 0 Å². The van der Waals surface area contributed by atoms with Crippen LogP contribution in [0, 0.1) is 5.92 Å². The van der Waals surface area contributed by atoms with Gasteiger partial charge >= 0.3 is 0 Å². The van der Waals surface area contributed by atoms with Gasteiger partial charge in [-0.1, -0.05) is 43.2 Å². The molecule has 0 bridgehead atoms. The molecule has 1 aromatic heterocycles. The van der Waals surface area contributed by atoms with Crippen LogP contribution in [-0.4, -0.2) is 34.9 Å². The van der Waals surface area contributed by atoms with Crippen molar-refractivity contribution in [3.05, 3.63) is 54.4 Å². The molecule has 2 heterocycles. The number of benzene rings is 1. The molecule has 1 aromatic carbocycles.